The second-order valence-corrected chi connectivity index (χ2v) is 10.2. The van der Waals surface area contributed by atoms with Crippen molar-refractivity contribution >= 4 is 86.4 Å². The lowest BCUT2D eigenvalue weighted by molar-refractivity contribution is 2.56. The van der Waals surface area contributed by atoms with E-state index in [1.54, 1.807) is 86.4 Å². The first kappa shape index (κ1) is 15.8. The van der Waals surface area contributed by atoms with E-state index in [0.29, 0.717) is 0 Å². The zero-order valence-corrected chi connectivity index (χ0v) is 14.4. The lowest BCUT2D eigenvalue weighted by Gasteiger charge is -1.90. The largest absolute Gasteiger partial charge is 0.0606 e. The molecule has 0 unspecified atom stereocenters. The van der Waals surface area contributed by atoms with E-state index in [9.17, 15) is 0 Å². The maximum atomic E-state index is 2.10. The quantitative estimate of drug-likeness (QED) is 0.404. The Morgan fingerprint density at radius 1 is 0.250 bits per heavy atom. The molecule has 0 aliphatic carbocycles. The van der Waals surface area contributed by atoms with Crippen molar-refractivity contribution in [2.24, 2.45) is 0 Å². The van der Waals surface area contributed by atoms with Crippen molar-refractivity contribution in [1.29, 1.82) is 0 Å². The normalized spacial score (nSPS) is 28.0. The highest BCUT2D eigenvalue weighted by Crippen LogP contribution is 2.34. The van der Waals surface area contributed by atoms with Gasteiger partial charge in [-0.1, -0.05) is 86.4 Å². The van der Waals surface area contributed by atoms with Crippen LogP contribution < -0.4 is 0 Å². The van der Waals surface area contributed by atoms with Crippen molar-refractivity contribution in [1.82, 2.24) is 0 Å². The molecule has 1 rings (SSSR count). The highest BCUT2D eigenvalue weighted by atomic mass is 33.1. The Kier molecular flexibility index (Phi) is 13.0. The molecule has 88 valence electrons. The van der Waals surface area contributed by atoms with Crippen molar-refractivity contribution in [2.75, 3.05) is 0 Å². The summed E-state index contributed by atoms with van der Waals surface area (Å²) in [5, 5.41) is 16.8. The van der Waals surface area contributed by atoms with E-state index in [2.05, 4.69) is 43.3 Å². The van der Waals surface area contributed by atoms with Gasteiger partial charge in [-0.2, -0.15) is 0 Å². The van der Waals surface area contributed by atoms with E-state index in [1.807, 2.05) is 0 Å². The van der Waals surface area contributed by atoms with Crippen LogP contribution in [0.1, 0.15) is 0 Å². The van der Waals surface area contributed by atoms with Crippen LogP contribution in [0.4, 0.5) is 0 Å². The third-order valence-corrected chi connectivity index (χ3v) is 8.00. The molecule has 0 amide bonds. The average molecular weight is 361 g/mol. The summed E-state index contributed by atoms with van der Waals surface area (Å²) in [6, 6.07) is 0. The van der Waals surface area contributed by atoms with Gasteiger partial charge in [0.05, 0.1) is 0 Å². The third kappa shape index (κ3) is 10.9. The van der Waals surface area contributed by atoms with Crippen molar-refractivity contribution in [3.05, 3.63) is 43.3 Å². The van der Waals surface area contributed by atoms with E-state index in [4.69, 9.17) is 0 Å². The number of hydrogen-bond acceptors (Lipinski definition) is 8. The minimum atomic E-state index is 1.73. The summed E-state index contributed by atoms with van der Waals surface area (Å²) >= 11 is 0. The molecule has 0 nitrogen and oxygen atoms in total. The van der Waals surface area contributed by atoms with Gasteiger partial charge in [0.25, 0.3) is 0 Å². The molecule has 0 N–H and O–H groups in total. The first-order valence-corrected chi connectivity index (χ1v) is 13.0. The minimum Gasteiger partial charge on any atom is -0.0606 e. The standard InChI is InChI=1S/C8H8S8/c1-2-10-12-5-6-14-16-8-7-15-13-4-3-11-9-1/h1-8H/b2-1-,4-3-,6-5+,8-7+. The van der Waals surface area contributed by atoms with Crippen molar-refractivity contribution in [3.63, 3.8) is 0 Å². The van der Waals surface area contributed by atoms with Gasteiger partial charge < -0.3 is 0 Å². The van der Waals surface area contributed by atoms with Crippen LogP contribution >= 0.6 is 86.4 Å². The molecule has 1 heterocycles. The molecule has 0 radical (unpaired) electrons. The molecule has 0 aromatic rings. The van der Waals surface area contributed by atoms with Gasteiger partial charge in [0.2, 0.25) is 0 Å². The Morgan fingerprint density at radius 3 is 0.500 bits per heavy atom. The molecule has 0 saturated carbocycles. The monoisotopic (exact) mass is 360 g/mol. The maximum Gasteiger partial charge on any atom is -0.0106 e. The molecule has 1 aliphatic heterocycles. The summed E-state index contributed by atoms with van der Waals surface area (Å²) < 4.78 is 0. The predicted molar refractivity (Wildman–Crippen MR) is 97.3 cm³/mol. The zero-order valence-electron chi connectivity index (χ0n) is 7.88. The van der Waals surface area contributed by atoms with Crippen molar-refractivity contribution in [3.8, 4) is 0 Å². The molecule has 0 bridgehead atoms. The van der Waals surface area contributed by atoms with Crippen LogP contribution in [-0.4, -0.2) is 0 Å². The van der Waals surface area contributed by atoms with Gasteiger partial charge in [0.1, 0.15) is 0 Å². The number of rotatable bonds is 0. The van der Waals surface area contributed by atoms with E-state index >= 15 is 0 Å². The van der Waals surface area contributed by atoms with Crippen LogP contribution in [0.15, 0.2) is 43.3 Å². The van der Waals surface area contributed by atoms with Gasteiger partial charge in [-0.05, 0) is 43.3 Å². The topological polar surface area (TPSA) is 0 Å². The predicted octanol–water partition coefficient (Wildman–Crippen LogP) is 7.41. The summed E-state index contributed by atoms with van der Waals surface area (Å²) in [7, 11) is 13.8. The minimum absolute atomic E-state index is 1.73. The van der Waals surface area contributed by atoms with Gasteiger partial charge in [-0.15, -0.1) is 0 Å². The lowest BCUT2D eigenvalue weighted by atomic mass is 11.3. The molecule has 0 aromatic carbocycles. The van der Waals surface area contributed by atoms with Gasteiger partial charge in [0.15, 0.2) is 0 Å². The molecule has 0 atom stereocenters. The van der Waals surface area contributed by atoms with Crippen LogP contribution in [0.25, 0.3) is 0 Å². The molecule has 8 heteroatoms. The maximum absolute atomic E-state index is 2.10. The van der Waals surface area contributed by atoms with Gasteiger partial charge >= 0.3 is 0 Å². The Morgan fingerprint density at radius 2 is 0.375 bits per heavy atom. The summed E-state index contributed by atoms with van der Waals surface area (Å²) in [5.41, 5.74) is 0. The highest BCUT2D eigenvalue weighted by molar-refractivity contribution is 8.82. The van der Waals surface area contributed by atoms with Crippen LogP contribution in [0.3, 0.4) is 0 Å². The Labute approximate surface area is 128 Å². The molecular weight excluding hydrogens is 353 g/mol. The fraction of sp³-hybridized carbons (Fsp3) is 0. The average Bonchev–Trinajstić information content (AvgIpc) is 2.29. The first-order valence-electron chi connectivity index (χ1n) is 3.89. The van der Waals surface area contributed by atoms with Gasteiger partial charge in [-0.3, -0.25) is 0 Å². The van der Waals surface area contributed by atoms with Crippen LogP contribution in [0, 0.1) is 0 Å². The van der Waals surface area contributed by atoms with E-state index in [-0.39, 0.29) is 0 Å². The fourth-order valence-electron chi connectivity index (χ4n) is 0.438. The third-order valence-electron chi connectivity index (χ3n) is 0.889. The molecule has 0 fully saturated rings. The smallest absolute Gasteiger partial charge is 0.0106 e. The summed E-state index contributed by atoms with van der Waals surface area (Å²) in [5.74, 6) is 0. The van der Waals surface area contributed by atoms with E-state index in [1.165, 1.54) is 0 Å². The van der Waals surface area contributed by atoms with Crippen LogP contribution in [-0.2, 0) is 0 Å². The highest BCUT2D eigenvalue weighted by Gasteiger charge is 1.84. The van der Waals surface area contributed by atoms with E-state index < -0.39 is 0 Å². The van der Waals surface area contributed by atoms with Gasteiger partial charge in [-0.25, -0.2) is 0 Å². The van der Waals surface area contributed by atoms with Crippen LogP contribution in [0.5, 0.6) is 0 Å². The summed E-state index contributed by atoms with van der Waals surface area (Å²) in [4.78, 5) is 0. The Hall–Kier alpha value is 1.76. The number of hydrogen-bond donors (Lipinski definition) is 0. The Bertz CT molecular complexity index is 189. The molecular formula is C8H8S8. The zero-order chi connectivity index (χ0) is 11.3. The SMILES string of the molecule is C1=C\SS/C=C/SS/C=C/SS/C=C\SS/1. The second kappa shape index (κ2) is 13.2. The van der Waals surface area contributed by atoms with Crippen molar-refractivity contribution in [2.45, 2.75) is 0 Å². The fourth-order valence-corrected chi connectivity index (χ4v) is 7.21. The van der Waals surface area contributed by atoms with E-state index in [0.717, 1.165) is 0 Å². The second-order valence-electron chi connectivity index (χ2n) is 1.86. The first-order chi connectivity index (χ1) is 8.00. The Balaban J connectivity index is 2.29. The molecule has 16 heavy (non-hydrogen) atoms. The molecule has 0 aromatic heterocycles. The summed E-state index contributed by atoms with van der Waals surface area (Å²) in [6.45, 7) is 0. The van der Waals surface area contributed by atoms with Gasteiger partial charge in [0, 0.05) is 0 Å². The lowest BCUT2D eigenvalue weighted by Crippen LogP contribution is -1.46. The van der Waals surface area contributed by atoms with Crippen molar-refractivity contribution < 1.29 is 0 Å². The van der Waals surface area contributed by atoms with Crippen LogP contribution in [0.2, 0.25) is 0 Å². The summed E-state index contributed by atoms with van der Waals surface area (Å²) in [6.07, 6.45) is 0. The molecule has 0 saturated heterocycles. The molecule has 1 aliphatic rings. The molecule has 0 spiro atoms.